The molecule has 2 rings (SSSR count). The molecule has 1 aliphatic rings. The van der Waals surface area contributed by atoms with Gasteiger partial charge in [0, 0.05) is 0 Å². The van der Waals surface area contributed by atoms with Crippen LogP contribution in [0.3, 0.4) is 0 Å². The average Bonchev–Trinajstić information content (AvgIpc) is 2.85. The standard InChI is InChI=1S/C21H32Si/c1-6-8-9-10-18-13-19(7-2)20(14-18)22-21-16(4)11-15(3)12-17(21)5/h11-13H,6-10,14,22H2,1-5H3. The van der Waals surface area contributed by atoms with Crippen molar-refractivity contribution >= 4 is 14.7 Å². The molecule has 0 saturated carbocycles. The fourth-order valence-corrected chi connectivity index (χ4v) is 5.99. The van der Waals surface area contributed by atoms with E-state index in [2.05, 4.69) is 52.8 Å². The van der Waals surface area contributed by atoms with Gasteiger partial charge in [-0.15, -0.1) is 0 Å². The third kappa shape index (κ3) is 4.22. The van der Waals surface area contributed by atoms with Crippen molar-refractivity contribution in [2.24, 2.45) is 0 Å². The Morgan fingerprint density at radius 1 is 1.00 bits per heavy atom. The zero-order valence-corrected chi connectivity index (χ0v) is 16.6. The van der Waals surface area contributed by atoms with Gasteiger partial charge in [-0.2, -0.15) is 0 Å². The molecule has 0 atom stereocenters. The van der Waals surface area contributed by atoms with E-state index in [1.165, 1.54) is 55.2 Å². The lowest BCUT2D eigenvalue weighted by atomic mass is 10.1. The van der Waals surface area contributed by atoms with E-state index in [1.807, 2.05) is 5.20 Å². The minimum absolute atomic E-state index is 0.300. The van der Waals surface area contributed by atoms with Gasteiger partial charge in [0.05, 0.1) is 9.52 Å². The van der Waals surface area contributed by atoms with Crippen LogP contribution in [0.1, 0.15) is 69.1 Å². The van der Waals surface area contributed by atoms with Gasteiger partial charge < -0.3 is 0 Å². The molecule has 0 heterocycles. The Hall–Kier alpha value is -1.08. The van der Waals surface area contributed by atoms with E-state index in [0.717, 1.165) is 0 Å². The van der Waals surface area contributed by atoms with Crippen molar-refractivity contribution in [1.29, 1.82) is 0 Å². The summed E-state index contributed by atoms with van der Waals surface area (Å²) in [5.41, 5.74) is 7.81. The third-order valence-electron chi connectivity index (χ3n) is 4.99. The molecule has 0 amide bonds. The summed E-state index contributed by atoms with van der Waals surface area (Å²) in [7, 11) is -0.300. The quantitative estimate of drug-likeness (QED) is 0.492. The van der Waals surface area contributed by atoms with Gasteiger partial charge in [0.25, 0.3) is 0 Å². The van der Waals surface area contributed by atoms with Crippen molar-refractivity contribution in [3.8, 4) is 0 Å². The second kappa shape index (κ2) is 7.96. The zero-order valence-electron chi connectivity index (χ0n) is 15.2. The molecule has 1 aromatic carbocycles. The Morgan fingerprint density at radius 3 is 2.27 bits per heavy atom. The van der Waals surface area contributed by atoms with Gasteiger partial charge in [0.1, 0.15) is 0 Å². The van der Waals surface area contributed by atoms with Crippen LogP contribution >= 0.6 is 0 Å². The maximum absolute atomic E-state index is 2.54. The number of unbranched alkanes of at least 4 members (excludes halogenated alkanes) is 2. The number of benzene rings is 1. The first-order valence-electron chi connectivity index (χ1n) is 9.02. The topological polar surface area (TPSA) is 0 Å². The first kappa shape index (κ1) is 17.3. The fourth-order valence-electron chi connectivity index (χ4n) is 3.78. The normalized spacial score (nSPS) is 15.2. The summed E-state index contributed by atoms with van der Waals surface area (Å²) >= 11 is 0. The molecule has 22 heavy (non-hydrogen) atoms. The SMILES string of the molecule is CCCCCC1=CC(CC)=C([SiH2]c2c(C)cc(C)cc2C)C1. The predicted octanol–water partition coefficient (Wildman–Crippen LogP) is 4.98. The van der Waals surface area contributed by atoms with Gasteiger partial charge in [-0.25, -0.2) is 0 Å². The molecule has 0 aliphatic heterocycles. The first-order chi connectivity index (χ1) is 10.5. The van der Waals surface area contributed by atoms with Crippen LogP contribution in [0.2, 0.25) is 0 Å². The van der Waals surface area contributed by atoms with Gasteiger partial charge >= 0.3 is 0 Å². The van der Waals surface area contributed by atoms with Crippen LogP contribution in [0.15, 0.2) is 34.6 Å². The lowest BCUT2D eigenvalue weighted by Crippen LogP contribution is -2.23. The van der Waals surface area contributed by atoms with Crippen molar-refractivity contribution in [3.63, 3.8) is 0 Å². The summed E-state index contributed by atoms with van der Waals surface area (Å²) in [5, 5.41) is 3.50. The highest BCUT2D eigenvalue weighted by atomic mass is 28.2. The summed E-state index contributed by atoms with van der Waals surface area (Å²) in [5.74, 6) is 0. The Morgan fingerprint density at radius 2 is 1.68 bits per heavy atom. The lowest BCUT2D eigenvalue weighted by molar-refractivity contribution is 0.708. The van der Waals surface area contributed by atoms with Crippen LogP contribution in [-0.2, 0) is 0 Å². The molecule has 0 nitrogen and oxygen atoms in total. The van der Waals surface area contributed by atoms with Crippen molar-refractivity contribution in [2.45, 2.75) is 73.1 Å². The molecular formula is C21H32Si. The van der Waals surface area contributed by atoms with Crippen LogP contribution in [-0.4, -0.2) is 9.52 Å². The van der Waals surface area contributed by atoms with E-state index in [9.17, 15) is 0 Å². The molecule has 1 aromatic rings. The fraction of sp³-hybridized carbons (Fsp3) is 0.524. The largest absolute Gasteiger partial charge is 0.0838 e. The van der Waals surface area contributed by atoms with Gasteiger partial charge in [-0.05, 0) is 46.5 Å². The van der Waals surface area contributed by atoms with Crippen LogP contribution in [0, 0.1) is 20.8 Å². The second-order valence-electron chi connectivity index (χ2n) is 6.97. The minimum Gasteiger partial charge on any atom is -0.0755 e. The Bertz CT molecular complexity index is 567. The summed E-state index contributed by atoms with van der Waals surface area (Å²) in [6.07, 6.45) is 10.4. The number of hydrogen-bond acceptors (Lipinski definition) is 0. The van der Waals surface area contributed by atoms with E-state index >= 15 is 0 Å². The lowest BCUT2D eigenvalue weighted by Gasteiger charge is -2.13. The van der Waals surface area contributed by atoms with E-state index < -0.39 is 0 Å². The van der Waals surface area contributed by atoms with E-state index in [1.54, 1.807) is 16.3 Å². The highest BCUT2D eigenvalue weighted by molar-refractivity contribution is 6.62. The molecule has 0 spiro atoms. The number of allylic oxidation sites excluding steroid dienone is 4. The highest BCUT2D eigenvalue weighted by Gasteiger charge is 2.17. The van der Waals surface area contributed by atoms with Crippen molar-refractivity contribution in [3.05, 3.63) is 51.2 Å². The van der Waals surface area contributed by atoms with Crippen LogP contribution < -0.4 is 5.19 Å². The molecule has 120 valence electrons. The van der Waals surface area contributed by atoms with Gasteiger partial charge in [-0.1, -0.05) is 83.1 Å². The summed E-state index contributed by atoms with van der Waals surface area (Å²) < 4.78 is 0. The van der Waals surface area contributed by atoms with Crippen molar-refractivity contribution in [1.82, 2.24) is 0 Å². The smallest absolute Gasteiger partial charge is 0.0755 e. The molecule has 0 radical (unpaired) electrons. The summed E-state index contributed by atoms with van der Waals surface area (Å²) in [4.78, 5) is 0. The summed E-state index contributed by atoms with van der Waals surface area (Å²) in [6.45, 7) is 11.4. The Kier molecular flexibility index (Phi) is 6.25. The number of hydrogen-bond donors (Lipinski definition) is 0. The summed E-state index contributed by atoms with van der Waals surface area (Å²) in [6, 6.07) is 4.73. The molecule has 1 heteroatoms. The average molecular weight is 313 g/mol. The molecule has 0 aromatic heterocycles. The second-order valence-corrected chi connectivity index (χ2v) is 8.89. The van der Waals surface area contributed by atoms with Gasteiger partial charge in [0.15, 0.2) is 0 Å². The van der Waals surface area contributed by atoms with Crippen molar-refractivity contribution in [2.75, 3.05) is 0 Å². The first-order valence-corrected chi connectivity index (χ1v) is 10.4. The maximum Gasteiger partial charge on any atom is 0.0838 e. The monoisotopic (exact) mass is 312 g/mol. The Balaban J connectivity index is 2.10. The van der Waals surface area contributed by atoms with E-state index in [4.69, 9.17) is 0 Å². The van der Waals surface area contributed by atoms with Gasteiger partial charge in [0.2, 0.25) is 0 Å². The molecule has 1 aliphatic carbocycles. The highest BCUT2D eigenvalue weighted by Crippen LogP contribution is 2.30. The van der Waals surface area contributed by atoms with E-state index in [-0.39, 0.29) is 9.52 Å². The van der Waals surface area contributed by atoms with Crippen LogP contribution in [0.5, 0.6) is 0 Å². The molecule has 0 bridgehead atoms. The Labute approximate surface area is 139 Å². The van der Waals surface area contributed by atoms with Gasteiger partial charge in [-0.3, -0.25) is 0 Å². The molecular weight excluding hydrogens is 280 g/mol. The van der Waals surface area contributed by atoms with Crippen molar-refractivity contribution < 1.29 is 0 Å². The maximum atomic E-state index is 2.54. The number of rotatable bonds is 7. The molecule has 0 fully saturated rings. The molecule has 0 saturated heterocycles. The van der Waals surface area contributed by atoms with Crippen LogP contribution in [0.4, 0.5) is 0 Å². The minimum atomic E-state index is -0.300. The predicted molar refractivity (Wildman–Crippen MR) is 103 cm³/mol. The number of aryl methyl sites for hydroxylation is 3. The third-order valence-corrected chi connectivity index (χ3v) is 7.59. The molecule has 0 N–H and O–H groups in total. The van der Waals surface area contributed by atoms with Crippen LogP contribution in [0.25, 0.3) is 0 Å². The zero-order chi connectivity index (χ0) is 16.1. The van der Waals surface area contributed by atoms with E-state index in [0.29, 0.717) is 0 Å². The molecule has 0 unspecified atom stereocenters.